The van der Waals surface area contributed by atoms with Gasteiger partial charge in [-0.2, -0.15) is 18.3 Å². The number of aromatic hydroxyl groups is 2. The summed E-state index contributed by atoms with van der Waals surface area (Å²) < 4.78 is 38.6. The molecule has 0 aliphatic heterocycles. The fourth-order valence-corrected chi connectivity index (χ4v) is 1.97. The number of thiocarbonyl (C=S) groups is 1. The van der Waals surface area contributed by atoms with Gasteiger partial charge in [-0.25, -0.2) is 0 Å². The van der Waals surface area contributed by atoms with E-state index in [2.05, 4.69) is 15.8 Å². The summed E-state index contributed by atoms with van der Waals surface area (Å²) >= 11 is 4.88. The summed E-state index contributed by atoms with van der Waals surface area (Å²) in [5.41, 5.74) is 1.48. The molecular formula is C15H12F3N3O2S. The lowest BCUT2D eigenvalue weighted by Gasteiger charge is -2.14. The number of hydrogen-bond donors (Lipinski definition) is 4. The molecule has 0 saturated carbocycles. The molecule has 0 heterocycles. The summed E-state index contributed by atoms with van der Waals surface area (Å²) in [5, 5.41) is 24.9. The largest absolute Gasteiger partial charge is 0.504 e. The van der Waals surface area contributed by atoms with Crippen LogP contribution >= 0.6 is 12.2 Å². The molecule has 0 unspecified atom stereocenters. The van der Waals surface area contributed by atoms with Crippen LogP contribution in [0.1, 0.15) is 11.1 Å². The number of benzene rings is 2. The van der Waals surface area contributed by atoms with Crippen LogP contribution in [0.5, 0.6) is 11.5 Å². The SMILES string of the molecule is Oc1cccc(/C=N/NC(=S)Nc2ccccc2C(F)(F)F)c1O. The third-order valence-corrected chi connectivity index (χ3v) is 3.09. The smallest absolute Gasteiger partial charge is 0.418 e. The van der Waals surface area contributed by atoms with E-state index in [1.54, 1.807) is 0 Å². The van der Waals surface area contributed by atoms with E-state index in [9.17, 15) is 23.4 Å². The first-order chi connectivity index (χ1) is 11.3. The average molecular weight is 355 g/mol. The number of para-hydroxylation sites is 2. The lowest BCUT2D eigenvalue weighted by molar-refractivity contribution is -0.136. The summed E-state index contributed by atoms with van der Waals surface area (Å²) in [6, 6.07) is 9.14. The number of nitrogens with one attached hydrogen (secondary N) is 2. The number of nitrogens with zero attached hydrogens (tertiary/aromatic N) is 1. The van der Waals surface area contributed by atoms with Gasteiger partial charge in [-0.15, -0.1) is 0 Å². The number of hydrogen-bond acceptors (Lipinski definition) is 4. The Kier molecular flexibility index (Phi) is 5.24. The van der Waals surface area contributed by atoms with Gasteiger partial charge in [0, 0.05) is 5.56 Å². The van der Waals surface area contributed by atoms with E-state index < -0.39 is 11.7 Å². The van der Waals surface area contributed by atoms with Crippen LogP contribution in [0, 0.1) is 0 Å². The van der Waals surface area contributed by atoms with Gasteiger partial charge in [0.2, 0.25) is 0 Å². The van der Waals surface area contributed by atoms with Gasteiger partial charge in [0.05, 0.1) is 17.5 Å². The van der Waals surface area contributed by atoms with Crippen LogP contribution in [0.4, 0.5) is 18.9 Å². The van der Waals surface area contributed by atoms with Crippen molar-refractivity contribution in [1.29, 1.82) is 0 Å². The highest BCUT2D eigenvalue weighted by atomic mass is 32.1. The number of halogens is 3. The molecule has 2 aromatic rings. The van der Waals surface area contributed by atoms with E-state index in [1.165, 1.54) is 42.6 Å². The quantitative estimate of drug-likeness (QED) is 0.294. The molecule has 0 bridgehead atoms. The molecule has 0 aromatic heterocycles. The van der Waals surface area contributed by atoms with Gasteiger partial charge in [-0.3, -0.25) is 5.43 Å². The van der Waals surface area contributed by atoms with Gasteiger partial charge >= 0.3 is 6.18 Å². The molecule has 0 amide bonds. The van der Waals surface area contributed by atoms with Gasteiger partial charge in [-0.1, -0.05) is 18.2 Å². The number of alkyl halides is 3. The van der Waals surface area contributed by atoms with Gasteiger partial charge in [-0.05, 0) is 36.5 Å². The third-order valence-electron chi connectivity index (χ3n) is 2.90. The molecule has 0 aliphatic rings. The Balaban J connectivity index is 2.05. The zero-order chi connectivity index (χ0) is 17.7. The van der Waals surface area contributed by atoms with Crippen molar-refractivity contribution in [2.45, 2.75) is 6.18 Å². The van der Waals surface area contributed by atoms with Crippen molar-refractivity contribution in [1.82, 2.24) is 5.43 Å². The van der Waals surface area contributed by atoms with E-state index in [-0.39, 0.29) is 27.9 Å². The maximum absolute atomic E-state index is 12.9. The maximum atomic E-state index is 12.9. The summed E-state index contributed by atoms with van der Waals surface area (Å²) in [6.07, 6.45) is -3.35. The molecule has 5 nitrogen and oxygen atoms in total. The lowest BCUT2D eigenvalue weighted by atomic mass is 10.2. The van der Waals surface area contributed by atoms with Crippen molar-refractivity contribution < 1.29 is 23.4 Å². The molecule has 0 radical (unpaired) electrons. The first-order valence-corrected chi connectivity index (χ1v) is 6.97. The molecule has 126 valence electrons. The summed E-state index contributed by atoms with van der Waals surface area (Å²) in [5.74, 6) is -0.692. The Morgan fingerprint density at radius 3 is 2.50 bits per heavy atom. The predicted octanol–water partition coefficient (Wildman–Crippen LogP) is 3.44. The third kappa shape index (κ3) is 4.35. The minimum Gasteiger partial charge on any atom is -0.504 e. The summed E-state index contributed by atoms with van der Waals surface area (Å²) in [7, 11) is 0. The molecule has 0 saturated heterocycles. The second-order valence-electron chi connectivity index (χ2n) is 4.58. The summed E-state index contributed by atoms with van der Waals surface area (Å²) in [4.78, 5) is 0. The fourth-order valence-electron chi connectivity index (χ4n) is 1.80. The van der Waals surface area contributed by atoms with Crippen LogP contribution in [-0.2, 0) is 6.18 Å². The van der Waals surface area contributed by atoms with E-state index in [0.717, 1.165) is 6.07 Å². The molecular weight excluding hydrogens is 343 g/mol. The Morgan fingerprint density at radius 2 is 1.79 bits per heavy atom. The molecule has 2 rings (SSSR count). The van der Waals surface area contributed by atoms with Crippen LogP contribution in [0.2, 0.25) is 0 Å². The lowest BCUT2D eigenvalue weighted by Crippen LogP contribution is -2.25. The van der Waals surface area contributed by atoms with Crippen LogP contribution in [0.3, 0.4) is 0 Å². The van der Waals surface area contributed by atoms with Crippen LogP contribution in [0.15, 0.2) is 47.6 Å². The fraction of sp³-hybridized carbons (Fsp3) is 0.0667. The first kappa shape index (κ1) is 17.5. The first-order valence-electron chi connectivity index (χ1n) is 6.56. The second kappa shape index (κ2) is 7.18. The van der Waals surface area contributed by atoms with Crippen LogP contribution in [-0.4, -0.2) is 21.5 Å². The molecule has 2 aromatic carbocycles. The topological polar surface area (TPSA) is 76.9 Å². The van der Waals surface area contributed by atoms with Crippen molar-refractivity contribution in [3.8, 4) is 11.5 Å². The standard InChI is InChI=1S/C15H12F3N3O2S/c16-15(17,18)10-5-1-2-6-11(10)20-14(24)21-19-8-9-4-3-7-12(22)13(9)23/h1-8,22-23H,(H2,20,21,24)/b19-8+. The van der Waals surface area contributed by atoms with E-state index >= 15 is 0 Å². The van der Waals surface area contributed by atoms with Crippen molar-refractivity contribution in [2.75, 3.05) is 5.32 Å². The highest BCUT2D eigenvalue weighted by Crippen LogP contribution is 2.34. The highest BCUT2D eigenvalue weighted by molar-refractivity contribution is 7.80. The minimum absolute atomic E-state index is 0.164. The monoisotopic (exact) mass is 355 g/mol. The number of hydrazone groups is 1. The number of rotatable bonds is 3. The zero-order valence-corrected chi connectivity index (χ0v) is 12.8. The van der Waals surface area contributed by atoms with Crippen LogP contribution in [0.25, 0.3) is 0 Å². The van der Waals surface area contributed by atoms with E-state index in [0.29, 0.717) is 0 Å². The number of anilines is 1. The van der Waals surface area contributed by atoms with Gasteiger partial charge in [0.1, 0.15) is 0 Å². The number of phenolic OH excluding ortho intramolecular Hbond substituents is 2. The van der Waals surface area contributed by atoms with Crippen molar-refractivity contribution in [3.63, 3.8) is 0 Å². The Hall–Kier alpha value is -2.81. The zero-order valence-electron chi connectivity index (χ0n) is 12.0. The molecule has 0 aliphatic carbocycles. The van der Waals surface area contributed by atoms with Crippen molar-refractivity contribution in [2.24, 2.45) is 5.10 Å². The Morgan fingerprint density at radius 1 is 1.08 bits per heavy atom. The Bertz CT molecular complexity index is 779. The molecule has 4 N–H and O–H groups in total. The number of phenols is 2. The van der Waals surface area contributed by atoms with E-state index in [1.807, 2.05) is 0 Å². The molecule has 0 spiro atoms. The second-order valence-corrected chi connectivity index (χ2v) is 4.99. The molecule has 9 heteroatoms. The minimum atomic E-state index is -4.52. The normalized spacial score (nSPS) is 11.5. The van der Waals surface area contributed by atoms with Gasteiger partial charge in [0.25, 0.3) is 0 Å². The maximum Gasteiger partial charge on any atom is 0.418 e. The van der Waals surface area contributed by atoms with Crippen molar-refractivity contribution >= 4 is 29.2 Å². The molecule has 0 fully saturated rings. The average Bonchev–Trinajstić information content (AvgIpc) is 2.51. The molecule has 0 atom stereocenters. The highest BCUT2D eigenvalue weighted by Gasteiger charge is 2.33. The predicted molar refractivity (Wildman–Crippen MR) is 88.2 cm³/mol. The molecule has 24 heavy (non-hydrogen) atoms. The Labute approximate surface area is 140 Å². The van der Waals surface area contributed by atoms with Crippen molar-refractivity contribution in [3.05, 3.63) is 53.6 Å². The van der Waals surface area contributed by atoms with Gasteiger partial charge < -0.3 is 15.5 Å². The van der Waals surface area contributed by atoms with E-state index in [4.69, 9.17) is 12.2 Å². The van der Waals surface area contributed by atoms with Gasteiger partial charge in [0.15, 0.2) is 16.6 Å². The van der Waals surface area contributed by atoms with Crippen LogP contribution < -0.4 is 10.7 Å². The summed E-state index contributed by atoms with van der Waals surface area (Å²) in [6.45, 7) is 0.